The normalized spacial score (nSPS) is 17.8. The standard InChI is InChI=1S/C20H26ClN3O2.C2HF3O2/c1-14-12-15(21)13-18(20(14)26-17-2-7-22-8-3-17)19-4-9-23-24(19)16-5-10-25-11-6-16;3-2(4,5)1(6)7/h4,9,12-13,16-17,22H,2-3,5-8,10-11H2,1H3;(H,6,7). The lowest BCUT2D eigenvalue weighted by Gasteiger charge is -2.28. The first-order valence-electron chi connectivity index (χ1n) is 10.8. The predicted molar refractivity (Wildman–Crippen MR) is 117 cm³/mol. The highest BCUT2D eigenvalue weighted by Crippen LogP contribution is 2.39. The zero-order valence-electron chi connectivity index (χ0n) is 18.2. The number of aromatic nitrogens is 2. The van der Waals surface area contributed by atoms with Gasteiger partial charge in [0.15, 0.2) is 0 Å². The number of hydrogen-bond donors (Lipinski definition) is 2. The first-order valence-corrected chi connectivity index (χ1v) is 11.1. The molecular weight excluding hydrogens is 463 g/mol. The van der Waals surface area contributed by atoms with Crippen molar-refractivity contribution in [3.63, 3.8) is 0 Å². The number of rotatable bonds is 4. The lowest BCUT2D eigenvalue weighted by Crippen LogP contribution is -2.34. The van der Waals surface area contributed by atoms with Gasteiger partial charge in [0.2, 0.25) is 0 Å². The molecule has 0 atom stereocenters. The van der Waals surface area contributed by atoms with E-state index in [9.17, 15) is 13.2 Å². The fourth-order valence-corrected chi connectivity index (χ4v) is 4.18. The van der Waals surface area contributed by atoms with Gasteiger partial charge in [-0.05, 0) is 69.5 Å². The van der Waals surface area contributed by atoms with E-state index in [1.165, 1.54) is 0 Å². The minimum atomic E-state index is -5.08. The quantitative estimate of drug-likeness (QED) is 0.651. The molecule has 2 N–H and O–H groups in total. The molecule has 2 aliphatic heterocycles. The van der Waals surface area contributed by atoms with E-state index in [-0.39, 0.29) is 6.10 Å². The van der Waals surface area contributed by atoms with Crippen molar-refractivity contribution in [2.45, 2.75) is 50.9 Å². The van der Waals surface area contributed by atoms with E-state index in [4.69, 9.17) is 31.0 Å². The number of carbonyl (C=O) groups is 1. The van der Waals surface area contributed by atoms with Gasteiger partial charge in [-0.1, -0.05) is 11.6 Å². The van der Waals surface area contributed by atoms with Crippen molar-refractivity contribution in [2.75, 3.05) is 26.3 Å². The second kappa shape index (κ2) is 11.2. The lowest BCUT2D eigenvalue weighted by molar-refractivity contribution is -0.192. The van der Waals surface area contributed by atoms with Crippen LogP contribution in [0.25, 0.3) is 11.3 Å². The number of benzene rings is 1. The van der Waals surface area contributed by atoms with Crippen LogP contribution in [-0.2, 0) is 9.53 Å². The molecule has 0 bridgehead atoms. The molecule has 182 valence electrons. The van der Waals surface area contributed by atoms with Gasteiger partial charge in [-0.3, -0.25) is 4.68 Å². The largest absolute Gasteiger partial charge is 0.490 e. The number of nitrogens with zero attached hydrogens (tertiary/aromatic N) is 2. The van der Waals surface area contributed by atoms with Crippen LogP contribution in [0.2, 0.25) is 5.02 Å². The number of carboxylic acids is 1. The van der Waals surface area contributed by atoms with Crippen LogP contribution in [0.3, 0.4) is 0 Å². The molecule has 2 aromatic rings. The van der Waals surface area contributed by atoms with Crippen molar-refractivity contribution in [1.82, 2.24) is 15.1 Å². The third-order valence-corrected chi connectivity index (χ3v) is 5.75. The highest BCUT2D eigenvalue weighted by atomic mass is 35.5. The summed E-state index contributed by atoms with van der Waals surface area (Å²) >= 11 is 6.40. The minimum Gasteiger partial charge on any atom is -0.489 e. The summed E-state index contributed by atoms with van der Waals surface area (Å²) in [6, 6.07) is 6.42. The molecule has 1 aromatic carbocycles. The predicted octanol–water partition coefficient (Wildman–Crippen LogP) is 4.63. The Morgan fingerprint density at radius 1 is 1.24 bits per heavy atom. The summed E-state index contributed by atoms with van der Waals surface area (Å²) in [4.78, 5) is 8.90. The van der Waals surface area contributed by atoms with Crippen LogP contribution < -0.4 is 10.1 Å². The van der Waals surface area contributed by atoms with Crippen LogP contribution in [0.4, 0.5) is 13.2 Å². The van der Waals surface area contributed by atoms with E-state index in [2.05, 4.69) is 28.1 Å². The number of piperidine rings is 1. The van der Waals surface area contributed by atoms with Crippen molar-refractivity contribution in [2.24, 2.45) is 0 Å². The molecule has 7 nitrogen and oxygen atoms in total. The maximum absolute atomic E-state index is 10.6. The monoisotopic (exact) mass is 489 g/mol. The fraction of sp³-hybridized carbons (Fsp3) is 0.545. The molecule has 2 fully saturated rings. The topological polar surface area (TPSA) is 85.6 Å². The molecule has 2 saturated heterocycles. The zero-order chi connectivity index (χ0) is 24.0. The van der Waals surface area contributed by atoms with E-state index in [1.54, 1.807) is 0 Å². The van der Waals surface area contributed by atoms with Crippen LogP contribution in [0, 0.1) is 6.92 Å². The number of halogens is 4. The van der Waals surface area contributed by atoms with Crippen molar-refractivity contribution in [3.05, 3.63) is 35.0 Å². The van der Waals surface area contributed by atoms with Crippen LogP contribution >= 0.6 is 11.6 Å². The molecule has 0 aliphatic carbocycles. The van der Waals surface area contributed by atoms with Crippen LogP contribution in [0.1, 0.15) is 37.3 Å². The number of aliphatic carboxylic acids is 1. The maximum Gasteiger partial charge on any atom is 0.490 e. The number of nitrogens with one attached hydrogen (secondary N) is 1. The van der Waals surface area contributed by atoms with Crippen molar-refractivity contribution < 1.29 is 32.5 Å². The first kappa shape index (κ1) is 25.3. The third-order valence-electron chi connectivity index (χ3n) is 5.54. The van der Waals surface area contributed by atoms with E-state index < -0.39 is 12.1 Å². The number of hydrogen-bond acceptors (Lipinski definition) is 5. The second-order valence-electron chi connectivity index (χ2n) is 7.97. The van der Waals surface area contributed by atoms with Crippen LogP contribution in [0.5, 0.6) is 5.75 Å². The van der Waals surface area contributed by atoms with Crippen molar-refractivity contribution in [3.8, 4) is 17.0 Å². The Bertz CT molecular complexity index is 939. The van der Waals surface area contributed by atoms with Gasteiger partial charge < -0.3 is 19.9 Å². The van der Waals surface area contributed by atoms with Crippen LogP contribution in [0.15, 0.2) is 24.4 Å². The summed E-state index contributed by atoms with van der Waals surface area (Å²) < 4.78 is 45.9. The van der Waals surface area contributed by atoms with Crippen molar-refractivity contribution >= 4 is 17.6 Å². The highest BCUT2D eigenvalue weighted by Gasteiger charge is 2.38. The Hall–Kier alpha value is -2.30. The average molecular weight is 490 g/mol. The van der Waals surface area contributed by atoms with E-state index in [0.717, 1.165) is 79.6 Å². The summed E-state index contributed by atoms with van der Waals surface area (Å²) in [5.74, 6) is -1.82. The van der Waals surface area contributed by atoms with Gasteiger partial charge in [-0.2, -0.15) is 18.3 Å². The Morgan fingerprint density at radius 3 is 2.48 bits per heavy atom. The number of alkyl halides is 3. The van der Waals surface area contributed by atoms with Gasteiger partial charge in [0.1, 0.15) is 11.9 Å². The molecule has 0 saturated carbocycles. The van der Waals surface area contributed by atoms with Gasteiger partial charge in [0.05, 0.1) is 11.7 Å². The molecule has 0 amide bonds. The average Bonchev–Trinajstić information content (AvgIpc) is 3.26. The summed E-state index contributed by atoms with van der Waals surface area (Å²) in [7, 11) is 0. The summed E-state index contributed by atoms with van der Waals surface area (Å²) in [6.07, 6.45) is 1.06. The maximum atomic E-state index is 10.6. The summed E-state index contributed by atoms with van der Waals surface area (Å²) in [6.45, 7) is 5.66. The molecule has 3 heterocycles. The van der Waals surface area contributed by atoms with Crippen LogP contribution in [-0.4, -0.2) is 59.4 Å². The molecule has 0 unspecified atom stereocenters. The van der Waals surface area contributed by atoms with E-state index in [0.29, 0.717) is 6.04 Å². The van der Waals surface area contributed by atoms with Gasteiger partial charge in [-0.15, -0.1) is 0 Å². The number of ether oxygens (including phenoxy) is 2. The van der Waals surface area contributed by atoms with Gasteiger partial charge >= 0.3 is 12.1 Å². The summed E-state index contributed by atoms with van der Waals surface area (Å²) in [5.41, 5.74) is 3.19. The molecule has 33 heavy (non-hydrogen) atoms. The Labute approximate surface area is 194 Å². The smallest absolute Gasteiger partial charge is 0.489 e. The number of carboxylic acid groups (broad SMARTS) is 1. The minimum absolute atomic E-state index is 0.245. The molecule has 2 aliphatic rings. The summed E-state index contributed by atoms with van der Waals surface area (Å²) in [5, 5.41) is 15.9. The fourth-order valence-electron chi connectivity index (χ4n) is 3.90. The molecule has 4 rings (SSSR count). The molecular formula is C22H27ClF3N3O4. The molecule has 1 aromatic heterocycles. The Morgan fingerprint density at radius 2 is 1.88 bits per heavy atom. The molecule has 11 heteroatoms. The second-order valence-corrected chi connectivity index (χ2v) is 8.41. The van der Waals surface area contributed by atoms with Gasteiger partial charge in [-0.25, -0.2) is 4.79 Å². The lowest BCUT2D eigenvalue weighted by atomic mass is 10.0. The molecule has 0 spiro atoms. The first-order chi connectivity index (χ1) is 15.7. The number of aryl methyl sites for hydroxylation is 1. The highest BCUT2D eigenvalue weighted by molar-refractivity contribution is 6.31. The third kappa shape index (κ3) is 6.84. The zero-order valence-corrected chi connectivity index (χ0v) is 19.0. The molecule has 0 radical (unpaired) electrons. The SMILES string of the molecule is Cc1cc(Cl)cc(-c2ccnn2C2CCOCC2)c1OC1CCNCC1.O=C(O)C(F)(F)F. The van der Waals surface area contributed by atoms with Crippen molar-refractivity contribution in [1.29, 1.82) is 0 Å². The Balaban J connectivity index is 0.000000383. The van der Waals surface area contributed by atoms with Gasteiger partial charge in [0, 0.05) is 30.0 Å². The van der Waals surface area contributed by atoms with E-state index in [1.807, 2.05) is 18.3 Å². The van der Waals surface area contributed by atoms with Gasteiger partial charge in [0.25, 0.3) is 0 Å². The van der Waals surface area contributed by atoms with E-state index >= 15 is 0 Å². The Kier molecular flexibility index (Phi) is 8.61.